The number of carboxylic acids is 1. The van der Waals surface area contributed by atoms with Crippen LogP contribution >= 0.6 is 0 Å². The Labute approximate surface area is 117 Å². The molecule has 0 radical (unpaired) electrons. The molecule has 1 aliphatic heterocycles. The van der Waals surface area contributed by atoms with Gasteiger partial charge in [-0.15, -0.1) is 0 Å². The molecular weight excluding hydrogens is 262 g/mol. The van der Waals surface area contributed by atoms with Crippen LogP contribution in [0.3, 0.4) is 0 Å². The zero-order valence-electron chi connectivity index (χ0n) is 11.4. The SMILES string of the molecule is CN1CCCN(C(=O)NC2C=CC(C(=O)O)C2)CC1=O. The van der Waals surface area contributed by atoms with Gasteiger partial charge >= 0.3 is 12.0 Å². The van der Waals surface area contributed by atoms with Crippen LogP contribution in [0.15, 0.2) is 12.2 Å². The minimum atomic E-state index is -0.885. The number of hydrogen-bond acceptors (Lipinski definition) is 3. The lowest BCUT2D eigenvalue weighted by molar-refractivity contribution is -0.140. The molecule has 7 heteroatoms. The van der Waals surface area contributed by atoms with E-state index >= 15 is 0 Å². The third-order valence-corrected chi connectivity index (χ3v) is 3.67. The predicted molar refractivity (Wildman–Crippen MR) is 71.0 cm³/mol. The number of hydrogen-bond donors (Lipinski definition) is 2. The van der Waals surface area contributed by atoms with Crippen molar-refractivity contribution in [3.05, 3.63) is 12.2 Å². The van der Waals surface area contributed by atoms with Gasteiger partial charge in [0.1, 0.15) is 6.54 Å². The van der Waals surface area contributed by atoms with Gasteiger partial charge in [-0.05, 0) is 12.8 Å². The molecule has 2 aliphatic rings. The number of likely N-dealkylation sites (N-methyl/N-ethyl adjacent to an activating group) is 1. The van der Waals surface area contributed by atoms with Crippen LogP contribution in [0.2, 0.25) is 0 Å². The Balaban J connectivity index is 1.88. The molecule has 0 aromatic rings. The number of carbonyl (C=O) groups excluding carboxylic acids is 2. The van der Waals surface area contributed by atoms with E-state index in [4.69, 9.17) is 5.11 Å². The summed E-state index contributed by atoms with van der Waals surface area (Å²) in [7, 11) is 1.72. The van der Waals surface area contributed by atoms with Crippen molar-refractivity contribution in [1.29, 1.82) is 0 Å². The Morgan fingerprint density at radius 1 is 1.35 bits per heavy atom. The standard InChI is InChI=1S/C13H19N3O4/c1-15-5-2-6-16(8-11(15)17)13(20)14-10-4-3-9(7-10)12(18)19/h3-4,9-10H,2,5-8H2,1H3,(H,14,20)(H,18,19). The van der Waals surface area contributed by atoms with Crippen molar-refractivity contribution in [2.45, 2.75) is 18.9 Å². The molecule has 1 fully saturated rings. The van der Waals surface area contributed by atoms with Crippen LogP contribution in [-0.4, -0.2) is 65.5 Å². The topological polar surface area (TPSA) is 89.9 Å². The largest absolute Gasteiger partial charge is 0.481 e. The third kappa shape index (κ3) is 3.28. The van der Waals surface area contributed by atoms with E-state index in [2.05, 4.69) is 5.32 Å². The van der Waals surface area contributed by atoms with Crippen molar-refractivity contribution in [2.24, 2.45) is 5.92 Å². The quantitative estimate of drug-likeness (QED) is 0.691. The second-order valence-corrected chi connectivity index (χ2v) is 5.21. The summed E-state index contributed by atoms with van der Waals surface area (Å²) in [5, 5.41) is 11.7. The van der Waals surface area contributed by atoms with Crippen molar-refractivity contribution < 1.29 is 19.5 Å². The molecule has 3 amide bonds. The molecule has 20 heavy (non-hydrogen) atoms. The molecule has 2 N–H and O–H groups in total. The molecule has 0 aromatic heterocycles. The molecule has 2 rings (SSSR count). The molecule has 0 saturated carbocycles. The first-order valence-corrected chi connectivity index (χ1v) is 6.68. The highest BCUT2D eigenvalue weighted by atomic mass is 16.4. The van der Waals surface area contributed by atoms with Crippen LogP contribution < -0.4 is 5.32 Å². The molecule has 2 atom stereocenters. The van der Waals surface area contributed by atoms with E-state index in [0.29, 0.717) is 19.5 Å². The van der Waals surface area contributed by atoms with Crippen LogP contribution in [0.4, 0.5) is 4.79 Å². The number of carbonyl (C=O) groups is 3. The van der Waals surface area contributed by atoms with Gasteiger partial charge in [0, 0.05) is 20.1 Å². The van der Waals surface area contributed by atoms with Gasteiger partial charge in [-0.3, -0.25) is 9.59 Å². The van der Waals surface area contributed by atoms with Crippen molar-refractivity contribution in [3.63, 3.8) is 0 Å². The fourth-order valence-corrected chi connectivity index (χ4v) is 2.40. The maximum absolute atomic E-state index is 12.1. The summed E-state index contributed by atoms with van der Waals surface area (Å²) in [6, 6.07) is -0.589. The van der Waals surface area contributed by atoms with Crippen LogP contribution in [0.5, 0.6) is 0 Å². The van der Waals surface area contributed by atoms with Gasteiger partial charge in [0.15, 0.2) is 0 Å². The van der Waals surface area contributed by atoms with Crippen molar-refractivity contribution in [2.75, 3.05) is 26.7 Å². The van der Waals surface area contributed by atoms with Gasteiger partial charge < -0.3 is 20.2 Å². The number of urea groups is 1. The van der Waals surface area contributed by atoms with E-state index in [9.17, 15) is 14.4 Å². The number of amides is 3. The second kappa shape index (κ2) is 5.94. The summed E-state index contributed by atoms with van der Waals surface area (Å²) >= 11 is 0. The van der Waals surface area contributed by atoms with Gasteiger partial charge in [-0.1, -0.05) is 12.2 Å². The Hall–Kier alpha value is -2.05. The molecule has 110 valence electrons. The Bertz CT molecular complexity index is 449. The summed E-state index contributed by atoms with van der Waals surface area (Å²) < 4.78 is 0. The maximum Gasteiger partial charge on any atom is 0.318 e. The number of aliphatic carboxylic acids is 1. The van der Waals surface area contributed by atoms with E-state index < -0.39 is 11.9 Å². The highest BCUT2D eigenvalue weighted by molar-refractivity contribution is 5.84. The highest BCUT2D eigenvalue weighted by Crippen LogP contribution is 2.18. The second-order valence-electron chi connectivity index (χ2n) is 5.21. The van der Waals surface area contributed by atoms with Crippen LogP contribution in [0.25, 0.3) is 0 Å². The molecule has 0 spiro atoms. The molecule has 0 bridgehead atoms. The summed E-state index contributed by atoms with van der Waals surface area (Å²) in [6.07, 6.45) is 4.40. The van der Waals surface area contributed by atoms with Crippen LogP contribution in [0, 0.1) is 5.92 Å². The van der Waals surface area contributed by atoms with Gasteiger partial charge in [0.25, 0.3) is 0 Å². The minimum absolute atomic E-state index is 0.0706. The van der Waals surface area contributed by atoms with E-state index in [1.165, 1.54) is 4.90 Å². The lowest BCUT2D eigenvalue weighted by Gasteiger charge is -2.22. The predicted octanol–water partition coefficient (Wildman–Crippen LogP) is -0.111. The lowest BCUT2D eigenvalue weighted by Crippen LogP contribution is -2.46. The monoisotopic (exact) mass is 281 g/mol. The molecule has 7 nitrogen and oxygen atoms in total. The zero-order valence-corrected chi connectivity index (χ0v) is 11.4. The lowest BCUT2D eigenvalue weighted by atomic mass is 10.1. The number of carboxylic acid groups (broad SMARTS) is 1. The summed E-state index contributed by atoms with van der Waals surface area (Å²) in [6.45, 7) is 1.24. The average molecular weight is 281 g/mol. The summed E-state index contributed by atoms with van der Waals surface area (Å²) in [4.78, 5) is 37.7. The normalized spacial score (nSPS) is 26.6. The van der Waals surface area contributed by atoms with Gasteiger partial charge in [-0.2, -0.15) is 0 Å². The van der Waals surface area contributed by atoms with Gasteiger partial charge in [-0.25, -0.2) is 4.79 Å². The van der Waals surface area contributed by atoms with Crippen LogP contribution in [0.1, 0.15) is 12.8 Å². The van der Waals surface area contributed by atoms with Crippen molar-refractivity contribution in [1.82, 2.24) is 15.1 Å². The molecule has 2 unspecified atom stereocenters. The first-order valence-electron chi connectivity index (χ1n) is 6.68. The smallest absolute Gasteiger partial charge is 0.318 e. The highest BCUT2D eigenvalue weighted by Gasteiger charge is 2.28. The minimum Gasteiger partial charge on any atom is -0.481 e. The molecule has 0 aromatic carbocycles. The number of rotatable bonds is 2. The summed E-state index contributed by atoms with van der Waals surface area (Å²) in [5.74, 6) is -1.51. The zero-order chi connectivity index (χ0) is 14.7. The number of nitrogens with zero attached hydrogens (tertiary/aromatic N) is 2. The maximum atomic E-state index is 12.1. The average Bonchev–Trinajstić information content (AvgIpc) is 2.78. The molecule has 1 saturated heterocycles. The van der Waals surface area contributed by atoms with E-state index in [0.717, 1.165) is 6.42 Å². The third-order valence-electron chi connectivity index (χ3n) is 3.67. The molecule has 1 aliphatic carbocycles. The first-order chi connectivity index (χ1) is 9.47. The molecular formula is C13H19N3O4. The fourth-order valence-electron chi connectivity index (χ4n) is 2.40. The van der Waals surface area contributed by atoms with Gasteiger partial charge in [0.05, 0.1) is 12.0 Å². The Kier molecular flexibility index (Phi) is 4.26. The van der Waals surface area contributed by atoms with Crippen LogP contribution in [-0.2, 0) is 9.59 Å². The Morgan fingerprint density at radius 2 is 2.10 bits per heavy atom. The molecule has 1 heterocycles. The van der Waals surface area contributed by atoms with Gasteiger partial charge in [0.2, 0.25) is 5.91 Å². The first kappa shape index (κ1) is 14.4. The Morgan fingerprint density at radius 3 is 2.75 bits per heavy atom. The fraction of sp³-hybridized carbons (Fsp3) is 0.615. The van der Waals surface area contributed by atoms with Crippen molar-refractivity contribution in [3.8, 4) is 0 Å². The number of nitrogens with one attached hydrogen (secondary N) is 1. The summed E-state index contributed by atoms with van der Waals surface area (Å²) in [5.41, 5.74) is 0. The van der Waals surface area contributed by atoms with Crippen molar-refractivity contribution >= 4 is 17.9 Å². The van der Waals surface area contributed by atoms with E-state index in [1.807, 2.05) is 0 Å². The van der Waals surface area contributed by atoms with E-state index in [1.54, 1.807) is 24.1 Å². The van der Waals surface area contributed by atoms with E-state index in [-0.39, 0.29) is 24.5 Å².